The molecule has 0 aliphatic carbocycles. The van der Waals surface area contributed by atoms with Gasteiger partial charge >= 0.3 is 0 Å². The van der Waals surface area contributed by atoms with Gasteiger partial charge in [0.15, 0.2) is 11.5 Å². The highest BCUT2D eigenvalue weighted by atomic mass is 32.1. The van der Waals surface area contributed by atoms with Gasteiger partial charge in [-0.05, 0) is 91.1 Å². The SMILES string of the molecule is COc1cc(-c2cc(-c3ccccc3)nc3c2CC(=O)Nc2ccccc2-3)ccc1OCCOCCOCCOCCC(=O)NC(C(=O)N1CCCC1C)C(C)(C)C.Cc1ncsc1-c1ccc(C(C)NC=O)cc1. The van der Waals surface area contributed by atoms with Gasteiger partial charge in [0.2, 0.25) is 24.1 Å². The highest BCUT2D eigenvalue weighted by Gasteiger charge is 2.38. The maximum Gasteiger partial charge on any atom is 0.245 e. The molecule has 0 bridgehead atoms. The van der Waals surface area contributed by atoms with Gasteiger partial charge in [0, 0.05) is 30.1 Å². The molecule has 0 saturated carbocycles. The molecule has 2 aliphatic heterocycles. The molecule has 0 spiro atoms. The van der Waals surface area contributed by atoms with E-state index < -0.39 is 11.5 Å². The van der Waals surface area contributed by atoms with Gasteiger partial charge in [-0.25, -0.2) is 9.97 Å². The van der Waals surface area contributed by atoms with Crippen LogP contribution >= 0.6 is 11.3 Å². The van der Waals surface area contributed by atoms with Gasteiger partial charge in [-0.15, -0.1) is 11.3 Å². The first-order chi connectivity index (χ1) is 36.2. The number of anilines is 1. The number of ether oxygens (including phenoxy) is 5. The first-order valence-electron chi connectivity index (χ1n) is 25.6. The Morgan fingerprint density at radius 1 is 0.840 bits per heavy atom. The van der Waals surface area contributed by atoms with Gasteiger partial charge in [-0.3, -0.25) is 19.2 Å². The summed E-state index contributed by atoms with van der Waals surface area (Å²) in [5.41, 5.74) is 11.6. The van der Waals surface area contributed by atoms with Crippen molar-refractivity contribution < 1.29 is 42.9 Å². The number of hydrogen-bond donors (Lipinski definition) is 3. The van der Waals surface area contributed by atoms with Crippen LogP contribution in [0.3, 0.4) is 0 Å². The maximum absolute atomic E-state index is 13.2. The number of rotatable bonds is 22. The molecule has 4 aromatic carbocycles. The predicted molar refractivity (Wildman–Crippen MR) is 294 cm³/mol. The molecule has 3 N–H and O–H groups in total. The quantitative estimate of drug-likeness (QED) is 0.0435. The lowest BCUT2D eigenvalue weighted by Gasteiger charge is -2.35. The Balaban J connectivity index is 0.000000407. The molecule has 6 aromatic rings. The summed E-state index contributed by atoms with van der Waals surface area (Å²) in [7, 11) is 1.60. The number of aromatic nitrogens is 2. The van der Waals surface area contributed by atoms with E-state index in [1.165, 1.54) is 10.4 Å². The smallest absolute Gasteiger partial charge is 0.245 e. The number of amides is 4. The molecule has 8 rings (SSSR count). The molecule has 3 atom stereocenters. The molecule has 4 amide bonds. The summed E-state index contributed by atoms with van der Waals surface area (Å²) in [6.07, 6.45) is 3.06. The van der Waals surface area contributed by atoms with Crippen molar-refractivity contribution in [1.82, 2.24) is 25.5 Å². The summed E-state index contributed by atoms with van der Waals surface area (Å²) in [6.45, 7) is 15.0. The summed E-state index contributed by atoms with van der Waals surface area (Å²) in [6, 6.07) is 33.4. The Labute approximate surface area is 444 Å². The van der Waals surface area contributed by atoms with Crippen molar-refractivity contribution in [3.05, 3.63) is 125 Å². The molecule has 75 heavy (non-hydrogen) atoms. The summed E-state index contributed by atoms with van der Waals surface area (Å²) in [4.78, 5) is 61.8. The van der Waals surface area contributed by atoms with E-state index in [1.54, 1.807) is 18.4 Å². The number of carbonyl (C=O) groups excluding carboxylic acids is 4. The number of nitrogens with one attached hydrogen (secondary N) is 3. The van der Waals surface area contributed by atoms with E-state index in [0.717, 1.165) is 81.9 Å². The number of hydrogen-bond acceptors (Lipinski definition) is 12. The van der Waals surface area contributed by atoms with Crippen molar-refractivity contribution >= 4 is 41.2 Å². The third-order valence-corrected chi connectivity index (χ3v) is 14.1. The highest BCUT2D eigenvalue weighted by molar-refractivity contribution is 7.13. The molecule has 4 heterocycles. The molecule has 0 radical (unpaired) electrons. The lowest BCUT2D eigenvalue weighted by atomic mass is 9.85. The van der Waals surface area contributed by atoms with Gasteiger partial charge in [0.25, 0.3) is 0 Å². The fraction of sp³-hybridized carbons (Fsp3) is 0.390. The first-order valence-corrected chi connectivity index (χ1v) is 26.5. The van der Waals surface area contributed by atoms with Crippen molar-refractivity contribution in [2.24, 2.45) is 5.41 Å². The number of para-hydroxylation sites is 1. The van der Waals surface area contributed by atoms with Crippen molar-refractivity contribution in [2.45, 2.75) is 85.4 Å². The average Bonchev–Trinajstić information content (AvgIpc) is 4.02. The van der Waals surface area contributed by atoms with Gasteiger partial charge in [0.05, 0.1) is 92.4 Å². The average molecular weight is 1040 g/mol. The minimum Gasteiger partial charge on any atom is -0.493 e. The summed E-state index contributed by atoms with van der Waals surface area (Å²) >= 11 is 1.64. The van der Waals surface area contributed by atoms with E-state index in [1.807, 2.05) is 136 Å². The molecule has 1 saturated heterocycles. The Bertz CT molecular complexity index is 2850. The Morgan fingerprint density at radius 2 is 1.52 bits per heavy atom. The van der Waals surface area contributed by atoms with Gasteiger partial charge in [0.1, 0.15) is 12.6 Å². The zero-order valence-corrected chi connectivity index (χ0v) is 44.9. The van der Waals surface area contributed by atoms with Crippen LogP contribution in [0.1, 0.15) is 76.7 Å². The molecule has 15 nitrogen and oxygen atoms in total. The Kier molecular flexibility index (Phi) is 20.1. The molecular weight excluding hydrogens is 969 g/mol. The third-order valence-electron chi connectivity index (χ3n) is 13.2. The largest absolute Gasteiger partial charge is 0.493 e. The third kappa shape index (κ3) is 15.1. The standard InChI is InChI=1S/C46H56N4O8.C13H14N2OS/c1-31-12-11-20-50(31)45(53)44(46(2,3)4)49-41(51)19-21-55-22-23-56-24-25-57-26-27-58-39-18-17-33(28-40(39)54-5)35-29-38(32-13-7-6-8-14-32)48-43-34-15-9-10-16-37(34)47-42(52)30-36(35)43;1-9(14-7-16)11-3-5-12(6-4-11)13-10(2)15-8-17-13/h6-10,13-18,28-29,31,44H,11-12,19-27,30H2,1-5H3,(H,47,52)(H,49,51);3-9H,1-2H3,(H,14,16). The van der Waals surface area contributed by atoms with Crippen LogP contribution in [0.2, 0.25) is 0 Å². The number of pyridine rings is 1. The summed E-state index contributed by atoms with van der Waals surface area (Å²) < 4.78 is 28.8. The van der Waals surface area contributed by atoms with Gasteiger partial charge in [-0.2, -0.15) is 0 Å². The summed E-state index contributed by atoms with van der Waals surface area (Å²) in [5.74, 6) is 0.818. The number of carbonyl (C=O) groups is 4. The van der Waals surface area contributed by atoms with Crippen molar-refractivity contribution in [2.75, 3.05) is 65.2 Å². The van der Waals surface area contributed by atoms with Crippen LogP contribution in [0, 0.1) is 12.3 Å². The Hall–Kier alpha value is -6.98. The lowest BCUT2D eigenvalue weighted by molar-refractivity contribution is -0.140. The molecule has 396 valence electrons. The zero-order chi connectivity index (χ0) is 53.3. The van der Waals surface area contributed by atoms with Crippen molar-refractivity contribution in [3.63, 3.8) is 0 Å². The fourth-order valence-corrected chi connectivity index (χ4v) is 9.83. The second-order valence-corrected chi connectivity index (χ2v) is 20.5. The molecule has 2 aromatic heterocycles. The van der Waals surface area contributed by atoms with Gasteiger partial charge in [-0.1, -0.05) is 99.6 Å². The number of benzene rings is 4. The zero-order valence-electron chi connectivity index (χ0n) is 44.1. The fourth-order valence-electron chi connectivity index (χ4n) is 9.02. The number of nitrogens with zero attached hydrogens (tertiary/aromatic N) is 3. The topological polar surface area (TPSA) is 180 Å². The van der Waals surface area contributed by atoms with E-state index in [0.29, 0.717) is 51.1 Å². The molecule has 1 fully saturated rings. The van der Waals surface area contributed by atoms with Crippen LogP contribution < -0.4 is 25.4 Å². The highest BCUT2D eigenvalue weighted by Crippen LogP contribution is 2.42. The minimum absolute atomic E-state index is 0.0127. The van der Waals surface area contributed by atoms with Crippen LogP contribution in [-0.4, -0.2) is 111 Å². The second kappa shape index (κ2) is 27.0. The van der Waals surface area contributed by atoms with E-state index >= 15 is 0 Å². The lowest BCUT2D eigenvalue weighted by Crippen LogP contribution is -2.55. The summed E-state index contributed by atoms with van der Waals surface area (Å²) in [5, 5.41) is 8.73. The van der Waals surface area contributed by atoms with Crippen LogP contribution in [-0.2, 0) is 39.8 Å². The Morgan fingerprint density at radius 3 is 2.17 bits per heavy atom. The van der Waals surface area contributed by atoms with Crippen molar-refractivity contribution in [1.29, 1.82) is 0 Å². The number of fused-ring (bicyclic) bond motifs is 3. The number of thiazole rings is 1. The molecular formula is C59H70N6O9S. The number of aryl methyl sites for hydroxylation is 1. The van der Waals surface area contributed by atoms with Crippen LogP contribution in [0.4, 0.5) is 5.69 Å². The van der Waals surface area contributed by atoms with E-state index in [4.69, 9.17) is 28.7 Å². The van der Waals surface area contributed by atoms with Crippen LogP contribution in [0.25, 0.3) is 44.1 Å². The monoisotopic (exact) mass is 1040 g/mol. The molecule has 16 heteroatoms. The second-order valence-electron chi connectivity index (χ2n) is 19.6. The van der Waals surface area contributed by atoms with E-state index in [-0.39, 0.29) is 49.3 Å². The maximum atomic E-state index is 13.2. The van der Waals surface area contributed by atoms with Crippen molar-refractivity contribution in [3.8, 4) is 55.6 Å². The van der Waals surface area contributed by atoms with E-state index in [2.05, 4.69) is 40.0 Å². The normalized spacial score (nSPS) is 14.7. The number of methoxy groups -OCH3 is 1. The molecule has 3 unspecified atom stereocenters. The van der Waals surface area contributed by atoms with Crippen LogP contribution in [0.5, 0.6) is 11.5 Å². The minimum atomic E-state index is -0.578. The first kappa shape index (κ1) is 55.8. The predicted octanol–water partition coefficient (Wildman–Crippen LogP) is 9.87. The van der Waals surface area contributed by atoms with E-state index in [9.17, 15) is 19.2 Å². The number of likely N-dealkylation sites (tertiary alicyclic amines) is 1. The van der Waals surface area contributed by atoms with Gasteiger partial charge < -0.3 is 44.5 Å². The molecule has 2 aliphatic rings. The van der Waals surface area contributed by atoms with Crippen LogP contribution in [0.15, 0.2) is 109 Å².